The Morgan fingerprint density at radius 3 is 1.35 bits per heavy atom. The van der Waals surface area contributed by atoms with Crippen molar-refractivity contribution in [3.8, 4) is 0 Å². The highest BCUT2D eigenvalue weighted by atomic mass is 16.1. The van der Waals surface area contributed by atoms with Crippen molar-refractivity contribution >= 4 is 12.2 Å². The van der Waals surface area contributed by atoms with Crippen molar-refractivity contribution in [2.75, 3.05) is 0 Å². The molecule has 0 bridgehead atoms. The maximum atomic E-state index is 10.8. The fourth-order valence-electron chi connectivity index (χ4n) is 1.92. The van der Waals surface area contributed by atoms with Crippen LogP contribution in [0, 0.1) is 0 Å². The molecule has 100 valence electrons. The Morgan fingerprint density at radius 1 is 0.700 bits per heavy atom. The van der Waals surface area contributed by atoms with Gasteiger partial charge in [0.25, 0.3) is 0 Å². The first-order valence-corrected chi connectivity index (χ1v) is 5.62. The van der Waals surface area contributed by atoms with Gasteiger partial charge in [-0.1, -0.05) is 68.1 Å². The lowest BCUT2D eigenvalue weighted by Crippen LogP contribution is -2.22. The van der Waals surface area contributed by atoms with E-state index < -0.39 is 5.66 Å². The molecule has 0 amide bonds. The number of hydrogen-bond donors (Lipinski definition) is 0. The van der Waals surface area contributed by atoms with E-state index in [1.807, 2.05) is 12.1 Å². The highest BCUT2D eigenvalue weighted by molar-refractivity contribution is 5.49. The van der Waals surface area contributed by atoms with E-state index in [1.165, 1.54) is 12.2 Å². The lowest BCUT2D eigenvalue weighted by atomic mass is 9.92. The van der Waals surface area contributed by atoms with Crippen LogP contribution in [0.5, 0.6) is 0 Å². The average molecular weight is 266 g/mol. The monoisotopic (exact) mass is 266 g/mol. The van der Waals surface area contributed by atoms with E-state index in [4.69, 9.17) is 0 Å². The number of hydrogen-bond acceptors (Lipinski definition) is 4. The maximum Gasteiger partial charge on any atom is 0.238 e. The van der Waals surface area contributed by atoms with Gasteiger partial charge in [0.05, 0.1) is 0 Å². The minimum absolute atomic E-state index is 0. The molecule has 0 unspecified atom stereocenters. The van der Waals surface area contributed by atoms with Gasteiger partial charge in [-0.25, -0.2) is 9.59 Å². The van der Waals surface area contributed by atoms with Gasteiger partial charge in [0.2, 0.25) is 17.8 Å². The fourth-order valence-corrected chi connectivity index (χ4v) is 1.92. The zero-order valence-electron chi connectivity index (χ0n) is 9.98. The minimum atomic E-state index is -1.41. The number of benzene rings is 2. The van der Waals surface area contributed by atoms with Gasteiger partial charge in [-0.3, -0.25) is 0 Å². The fraction of sp³-hybridized carbons (Fsp3) is 0.125. The van der Waals surface area contributed by atoms with Crippen molar-refractivity contribution in [2.45, 2.75) is 13.1 Å². The van der Waals surface area contributed by atoms with Crippen molar-refractivity contribution in [3.63, 3.8) is 0 Å². The molecule has 0 fully saturated rings. The smallest absolute Gasteiger partial charge is 0.211 e. The Hall–Kier alpha value is -2.80. The summed E-state index contributed by atoms with van der Waals surface area (Å²) in [4.78, 5) is 29.0. The van der Waals surface area contributed by atoms with E-state index in [0.717, 1.165) is 0 Å². The van der Waals surface area contributed by atoms with Crippen LogP contribution in [0.1, 0.15) is 18.6 Å². The van der Waals surface area contributed by atoms with Gasteiger partial charge >= 0.3 is 0 Å². The molecule has 20 heavy (non-hydrogen) atoms. The molecule has 0 radical (unpaired) electrons. The van der Waals surface area contributed by atoms with Crippen LogP contribution >= 0.6 is 0 Å². The molecule has 0 saturated carbocycles. The average Bonchev–Trinajstić information content (AvgIpc) is 2.49. The summed E-state index contributed by atoms with van der Waals surface area (Å²) in [6.45, 7) is 0. The topological polar surface area (TPSA) is 58.9 Å². The Balaban J connectivity index is 0.00000200. The SMILES string of the molecule is C.O=C=NC(N=C=O)(c1ccccc1)c1ccccc1. The van der Waals surface area contributed by atoms with Crippen molar-refractivity contribution in [2.24, 2.45) is 9.98 Å². The molecule has 0 aliphatic heterocycles. The number of rotatable bonds is 4. The molecular formula is C16H14N2O2. The molecule has 0 atom stereocenters. The highest BCUT2D eigenvalue weighted by Crippen LogP contribution is 2.34. The number of nitrogens with zero attached hydrogens (tertiary/aromatic N) is 2. The molecule has 0 N–H and O–H groups in total. The largest absolute Gasteiger partial charge is 0.238 e. The second-order valence-corrected chi connectivity index (χ2v) is 3.81. The van der Waals surface area contributed by atoms with Crippen LogP contribution in [0.15, 0.2) is 70.6 Å². The standard InChI is InChI=1S/C15H10N2O2.CH4/c18-11-16-15(17-12-19,13-7-3-1-4-8-13)14-9-5-2-6-10-14;/h1-10H;1H4. The Morgan fingerprint density at radius 2 is 1.05 bits per heavy atom. The second-order valence-electron chi connectivity index (χ2n) is 3.81. The summed E-state index contributed by atoms with van der Waals surface area (Å²) in [5, 5.41) is 0. The van der Waals surface area contributed by atoms with Gasteiger partial charge in [-0.2, -0.15) is 9.98 Å². The lowest BCUT2D eigenvalue weighted by molar-refractivity contribution is 0.516. The molecule has 4 heteroatoms. The Bertz CT molecular complexity index is 581. The minimum Gasteiger partial charge on any atom is -0.211 e. The van der Waals surface area contributed by atoms with Crippen molar-refractivity contribution in [3.05, 3.63) is 71.8 Å². The van der Waals surface area contributed by atoms with E-state index >= 15 is 0 Å². The summed E-state index contributed by atoms with van der Waals surface area (Å²) in [5.74, 6) is 0. The third-order valence-electron chi connectivity index (χ3n) is 2.77. The quantitative estimate of drug-likeness (QED) is 0.630. The van der Waals surface area contributed by atoms with Crippen molar-refractivity contribution < 1.29 is 9.59 Å². The van der Waals surface area contributed by atoms with Crippen LogP contribution < -0.4 is 0 Å². The van der Waals surface area contributed by atoms with Gasteiger partial charge < -0.3 is 0 Å². The molecule has 0 spiro atoms. The third kappa shape index (κ3) is 2.78. The Labute approximate surface area is 117 Å². The molecule has 0 aromatic heterocycles. The van der Waals surface area contributed by atoms with E-state index in [2.05, 4.69) is 9.98 Å². The molecular weight excluding hydrogens is 252 g/mol. The first-order chi connectivity index (χ1) is 9.33. The zero-order chi connectivity index (χ0) is 13.6. The highest BCUT2D eigenvalue weighted by Gasteiger charge is 2.33. The van der Waals surface area contributed by atoms with Crippen LogP contribution in [-0.4, -0.2) is 12.2 Å². The summed E-state index contributed by atoms with van der Waals surface area (Å²) >= 11 is 0. The molecule has 0 aliphatic carbocycles. The summed E-state index contributed by atoms with van der Waals surface area (Å²) in [7, 11) is 0. The second kappa shape index (κ2) is 6.95. The van der Waals surface area contributed by atoms with Crippen molar-refractivity contribution in [1.29, 1.82) is 0 Å². The van der Waals surface area contributed by atoms with Gasteiger partial charge in [0.15, 0.2) is 0 Å². The van der Waals surface area contributed by atoms with E-state index in [1.54, 1.807) is 48.5 Å². The molecule has 2 aromatic rings. The van der Waals surface area contributed by atoms with Crippen LogP contribution in [0.25, 0.3) is 0 Å². The lowest BCUT2D eigenvalue weighted by Gasteiger charge is -2.22. The summed E-state index contributed by atoms with van der Waals surface area (Å²) in [6, 6.07) is 17.8. The molecule has 2 aromatic carbocycles. The first-order valence-electron chi connectivity index (χ1n) is 5.62. The van der Waals surface area contributed by atoms with Crippen LogP contribution in [-0.2, 0) is 15.3 Å². The van der Waals surface area contributed by atoms with Crippen LogP contribution in [0.3, 0.4) is 0 Å². The predicted molar refractivity (Wildman–Crippen MR) is 76.6 cm³/mol. The van der Waals surface area contributed by atoms with E-state index in [-0.39, 0.29) is 7.43 Å². The predicted octanol–water partition coefficient (Wildman–Crippen LogP) is 3.20. The van der Waals surface area contributed by atoms with Crippen LogP contribution in [0.4, 0.5) is 0 Å². The number of carbonyl (C=O) groups excluding carboxylic acids is 2. The van der Waals surface area contributed by atoms with Crippen molar-refractivity contribution in [1.82, 2.24) is 0 Å². The summed E-state index contributed by atoms with van der Waals surface area (Å²) < 4.78 is 0. The normalized spacial score (nSPS) is 9.60. The van der Waals surface area contributed by atoms with Gasteiger partial charge in [-0.05, 0) is 0 Å². The van der Waals surface area contributed by atoms with E-state index in [9.17, 15) is 9.59 Å². The molecule has 0 heterocycles. The number of isocyanates is 2. The number of aliphatic imine (C=N–C) groups is 2. The van der Waals surface area contributed by atoms with Gasteiger partial charge in [0, 0.05) is 11.1 Å². The maximum absolute atomic E-state index is 10.8. The molecule has 2 rings (SSSR count). The molecule has 0 aliphatic rings. The first kappa shape index (κ1) is 15.3. The van der Waals surface area contributed by atoms with E-state index in [0.29, 0.717) is 11.1 Å². The Kier molecular flexibility index (Phi) is 5.31. The van der Waals surface area contributed by atoms with Crippen LogP contribution in [0.2, 0.25) is 0 Å². The summed E-state index contributed by atoms with van der Waals surface area (Å²) in [6.07, 6.45) is 2.99. The zero-order valence-corrected chi connectivity index (χ0v) is 9.98. The molecule has 0 saturated heterocycles. The van der Waals surface area contributed by atoms with Gasteiger partial charge in [-0.15, -0.1) is 0 Å². The third-order valence-corrected chi connectivity index (χ3v) is 2.77. The molecule has 4 nitrogen and oxygen atoms in total. The van der Waals surface area contributed by atoms with Gasteiger partial charge in [0.1, 0.15) is 0 Å². The summed E-state index contributed by atoms with van der Waals surface area (Å²) in [5.41, 5.74) is -0.202.